The van der Waals surface area contributed by atoms with Crippen LogP contribution in [0.4, 0.5) is 0 Å². The van der Waals surface area contributed by atoms with Gasteiger partial charge in [-0.15, -0.1) is 0 Å². The molecule has 0 atom stereocenters. The Morgan fingerprint density at radius 3 is 2.74 bits per heavy atom. The molecule has 0 aliphatic heterocycles. The van der Waals surface area contributed by atoms with E-state index < -0.39 is 15.4 Å². The molecule has 1 rings (SSSR count). The Hall–Kier alpha value is -1.63. The molecule has 1 aromatic heterocycles. The first-order valence-corrected chi connectivity index (χ1v) is 7.56. The fourth-order valence-electron chi connectivity index (χ4n) is 1.45. The smallest absolute Gasteiger partial charge is 0.208 e. The highest BCUT2D eigenvalue weighted by atomic mass is 32.2. The number of nitrogens with one attached hydrogen (secondary N) is 1. The van der Waals surface area contributed by atoms with Crippen LogP contribution in [0.15, 0.2) is 23.3 Å². The fraction of sp³-hybridized carbons (Fsp3) is 0.545. The van der Waals surface area contributed by atoms with Crippen molar-refractivity contribution in [2.75, 3.05) is 12.8 Å². The molecule has 1 heterocycles. The van der Waals surface area contributed by atoms with Crippen molar-refractivity contribution >= 4 is 10.0 Å². The molecule has 0 unspecified atom stereocenters. The molecule has 104 valence electrons. The number of sulfonamides is 1. The molecule has 0 aliphatic rings. The highest BCUT2D eigenvalue weighted by molar-refractivity contribution is 7.88. The molecular weight excluding hydrogens is 266 g/mol. The number of aromatic nitrogens is 1. The Kier molecular flexibility index (Phi) is 4.88. The van der Waals surface area contributed by atoms with Gasteiger partial charge < -0.3 is 0 Å². The minimum atomic E-state index is -3.23. The lowest BCUT2D eigenvalue weighted by Crippen LogP contribution is -2.36. The third-order valence-corrected chi connectivity index (χ3v) is 3.24. The Morgan fingerprint density at radius 1 is 1.47 bits per heavy atom. The topological polar surface area (TPSA) is 108 Å². The molecule has 0 aliphatic carbocycles. The van der Waals surface area contributed by atoms with Gasteiger partial charge in [0.1, 0.15) is 0 Å². The minimum absolute atomic E-state index is 0.180. The zero-order valence-corrected chi connectivity index (χ0v) is 12.0. The van der Waals surface area contributed by atoms with Crippen LogP contribution < -0.4 is 4.72 Å². The van der Waals surface area contributed by atoms with Crippen LogP contribution >= 0.6 is 0 Å². The zero-order valence-electron chi connectivity index (χ0n) is 11.2. The molecule has 0 fully saturated rings. The van der Waals surface area contributed by atoms with Gasteiger partial charge in [0.05, 0.1) is 12.8 Å². The van der Waals surface area contributed by atoms with Gasteiger partial charge in [0.25, 0.3) is 0 Å². The quantitative estimate of drug-likeness (QED) is 0.487. The summed E-state index contributed by atoms with van der Waals surface area (Å²) in [6.07, 6.45) is 1.12. The first kappa shape index (κ1) is 15.4. The van der Waals surface area contributed by atoms with Gasteiger partial charge in [0, 0.05) is 28.3 Å². The van der Waals surface area contributed by atoms with E-state index in [9.17, 15) is 8.42 Å². The summed E-state index contributed by atoms with van der Waals surface area (Å²) in [5.41, 5.74) is 9.24. The second kappa shape index (κ2) is 6.01. The van der Waals surface area contributed by atoms with E-state index in [0.717, 1.165) is 11.9 Å². The van der Waals surface area contributed by atoms with E-state index in [1.807, 2.05) is 26.0 Å². The molecule has 0 spiro atoms. The maximum Gasteiger partial charge on any atom is 0.208 e. The molecule has 19 heavy (non-hydrogen) atoms. The highest BCUT2D eigenvalue weighted by Gasteiger charge is 2.23. The third-order valence-electron chi connectivity index (χ3n) is 2.57. The van der Waals surface area contributed by atoms with E-state index >= 15 is 0 Å². The number of rotatable bonds is 6. The highest BCUT2D eigenvalue weighted by Crippen LogP contribution is 2.20. The second-order valence-corrected chi connectivity index (χ2v) is 6.71. The lowest BCUT2D eigenvalue weighted by Gasteiger charge is -2.24. The zero-order chi connectivity index (χ0) is 14.5. The van der Waals surface area contributed by atoms with Crippen LogP contribution in [0.2, 0.25) is 0 Å². The van der Waals surface area contributed by atoms with Crippen molar-refractivity contribution in [3.8, 4) is 0 Å². The molecule has 0 radical (unpaired) electrons. The lowest BCUT2D eigenvalue weighted by atomic mass is 9.89. The number of hydrogen-bond donors (Lipinski definition) is 1. The third kappa shape index (κ3) is 5.25. The summed E-state index contributed by atoms with van der Waals surface area (Å²) in [5.74, 6) is 0. The Labute approximate surface area is 112 Å². The lowest BCUT2D eigenvalue weighted by molar-refractivity contribution is 0.489. The van der Waals surface area contributed by atoms with Crippen LogP contribution in [-0.4, -0.2) is 26.2 Å². The van der Waals surface area contributed by atoms with Crippen LogP contribution in [0.5, 0.6) is 0 Å². The molecule has 7 nitrogen and oxygen atoms in total. The SMILES string of the molecule is CC(C)(CNS(C)(=O)=O)c1cccc(CN=[N+]=[N-])n1. The van der Waals surface area contributed by atoms with Gasteiger partial charge >= 0.3 is 0 Å². The fourth-order valence-corrected chi connectivity index (χ4v) is 2.07. The monoisotopic (exact) mass is 283 g/mol. The number of nitrogens with zero attached hydrogens (tertiary/aromatic N) is 4. The van der Waals surface area contributed by atoms with Gasteiger partial charge in [-0.1, -0.05) is 25.0 Å². The minimum Gasteiger partial charge on any atom is -0.257 e. The van der Waals surface area contributed by atoms with E-state index in [1.54, 1.807) is 6.07 Å². The number of hydrogen-bond acceptors (Lipinski definition) is 4. The Bertz CT molecular complexity index is 591. The van der Waals surface area contributed by atoms with Gasteiger partial charge in [0.15, 0.2) is 0 Å². The van der Waals surface area contributed by atoms with Crippen LogP contribution in [0.25, 0.3) is 10.4 Å². The predicted molar refractivity (Wildman–Crippen MR) is 73.0 cm³/mol. The summed E-state index contributed by atoms with van der Waals surface area (Å²) in [6, 6.07) is 5.40. The molecule has 0 amide bonds. The van der Waals surface area contributed by atoms with Crippen molar-refractivity contribution < 1.29 is 8.42 Å². The van der Waals surface area contributed by atoms with Crippen LogP contribution in [0, 0.1) is 0 Å². The summed E-state index contributed by atoms with van der Waals surface area (Å²) in [6.45, 7) is 4.22. The number of azide groups is 1. The molecule has 0 bridgehead atoms. The maximum atomic E-state index is 11.1. The largest absolute Gasteiger partial charge is 0.257 e. The Balaban J connectivity index is 2.90. The van der Waals surface area contributed by atoms with Crippen molar-refractivity contribution in [3.63, 3.8) is 0 Å². The van der Waals surface area contributed by atoms with Crippen molar-refractivity contribution in [1.82, 2.24) is 9.71 Å². The van der Waals surface area contributed by atoms with Gasteiger partial charge in [-0.05, 0) is 17.7 Å². The molecule has 0 saturated heterocycles. The van der Waals surface area contributed by atoms with Crippen molar-refractivity contribution in [2.24, 2.45) is 5.11 Å². The molecule has 8 heteroatoms. The summed E-state index contributed by atoms with van der Waals surface area (Å²) in [5, 5.41) is 3.46. The normalized spacial score (nSPS) is 11.9. The first-order valence-electron chi connectivity index (χ1n) is 5.66. The molecule has 0 aromatic carbocycles. The summed E-state index contributed by atoms with van der Waals surface area (Å²) in [7, 11) is -3.23. The van der Waals surface area contributed by atoms with E-state index in [-0.39, 0.29) is 13.1 Å². The van der Waals surface area contributed by atoms with Crippen molar-refractivity contribution in [2.45, 2.75) is 25.8 Å². The molecule has 0 saturated carbocycles. The van der Waals surface area contributed by atoms with E-state index in [4.69, 9.17) is 5.53 Å². The average Bonchev–Trinajstić information content (AvgIpc) is 2.34. The summed E-state index contributed by atoms with van der Waals surface area (Å²) >= 11 is 0. The van der Waals surface area contributed by atoms with Crippen LogP contribution in [0.3, 0.4) is 0 Å². The van der Waals surface area contributed by atoms with Crippen molar-refractivity contribution in [1.29, 1.82) is 0 Å². The molecule has 1 aromatic rings. The summed E-state index contributed by atoms with van der Waals surface area (Å²) in [4.78, 5) is 7.07. The standard InChI is InChI=1S/C11H17N5O2S/c1-11(2,8-14-19(3,17)18)10-6-4-5-9(15-10)7-13-16-12/h4-6,14H,7-8H2,1-3H3. The van der Waals surface area contributed by atoms with Gasteiger partial charge in [-0.3, -0.25) is 4.98 Å². The molecular formula is C11H17N5O2S. The number of pyridine rings is 1. The van der Waals surface area contributed by atoms with Crippen LogP contribution in [-0.2, 0) is 22.0 Å². The Morgan fingerprint density at radius 2 is 2.16 bits per heavy atom. The van der Waals surface area contributed by atoms with Gasteiger partial charge in [-0.2, -0.15) is 0 Å². The first-order chi connectivity index (χ1) is 8.74. The summed E-state index contributed by atoms with van der Waals surface area (Å²) < 4.78 is 24.7. The van der Waals surface area contributed by atoms with E-state index in [2.05, 4.69) is 19.7 Å². The second-order valence-electron chi connectivity index (χ2n) is 4.88. The molecule has 1 N–H and O–H groups in total. The van der Waals surface area contributed by atoms with Crippen LogP contribution in [0.1, 0.15) is 25.2 Å². The average molecular weight is 283 g/mol. The maximum absolute atomic E-state index is 11.1. The van der Waals surface area contributed by atoms with Crippen molar-refractivity contribution in [3.05, 3.63) is 40.0 Å². The van der Waals surface area contributed by atoms with Gasteiger partial charge in [-0.25, -0.2) is 13.1 Å². The van der Waals surface area contributed by atoms with E-state index in [1.165, 1.54) is 0 Å². The van der Waals surface area contributed by atoms with Gasteiger partial charge in [0.2, 0.25) is 10.0 Å². The van der Waals surface area contributed by atoms with E-state index in [0.29, 0.717) is 5.69 Å². The predicted octanol–water partition coefficient (Wildman–Crippen LogP) is 1.72.